The Bertz CT molecular complexity index is 528. The van der Waals surface area contributed by atoms with Crippen LogP contribution in [0.3, 0.4) is 0 Å². The van der Waals surface area contributed by atoms with Crippen LogP contribution < -0.4 is 5.56 Å². The van der Waals surface area contributed by atoms with Crippen molar-refractivity contribution < 1.29 is 4.79 Å². The highest BCUT2D eigenvalue weighted by Crippen LogP contribution is 2.20. The maximum Gasteiger partial charge on any atom is 0.250 e. The molecular formula is C16H21NO2. The lowest BCUT2D eigenvalue weighted by Gasteiger charge is -2.19. The zero-order chi connectivity index (χ0) is 13.7. The van der Waals surface area contributed by atoms with Crippen molar-refractivity contribution in [3.63, 3.8) is 0 Å². The molecule has 2 rings (SSSR count). The molecule has 102 valence electrons. The Morgan fingerprint density at radius 2 is 2.00 bits per heavy atom. The van der Waals surface area contributed by atoms with Crippen LogP contribution in [0.4, 0.5) is 0 Å². The molecule has 0 amide bonds. The summed E-state index contributed by atoms with van der Waals surface area (Å²) >= 11 is 0. The largest absolute Gasteiger partial charge is 0.312 e. The minimum absolute atomic E-state index is 0.0252. The molecule has 1 heterocycles. The van der Waals surface area contributed by atoms with E-state index in [2.05, 4.69) is 6.58 Å². The second-order valence-electron chi connectivity index (χ2n) is 5.10. The van der Waals surface area contributed by atoms with Crippen molar-refractivity contribution >= 4 is 5.78 Å². The molecule has 0 radical (unpaired) electrons. The molecule has 0 aliphatic heterocycles. The Labute approximate surface area is 114 Å². The number of ketones is 1. The topological polar surface area (TPSA) is 39.1 Å². The number of aromatic nitrogens is 1. The monoisotopic (exact) mass is 259 g/mol. The molecule has 1 aromatic heterocycles. The van der Waals surface area contributed by atoms with Gasteiger partial charge in [-0.2, -0.15) is 0 Å². The number of pyridine rings is 1. The van der Waals surface area contributed by atoms with E-state index in [1.165, 1.54) is 6.07 Å². The predicted octanol–water partition coefficient (Wildman–Crippen LogP) is 3.11. The number of unbranched alkanes of at least 4 members (excludes halogenated alkanes) is 3. The third-order valence-corrected chi connectivity index (χ3v) is 3.70. The van der Waals surface area contributed by atoms with Gasteiger partial charge >= 0.3 is 0 Å². The van der Waals surface area contributed by atoms with Gasteiger partial charge in [0.05, 0.1) is 0 Å². The smallest absolute Gasteiger partial charge is 0.250 e. The number of carbonyl (C=O) groups excluding carboxylic acids is 1. The molecule has 0 saturated carbocycles. The van der Waals surface area contributed by atoms with Crippen LogP contribution in [-0.2, 0) is 13.0 Å². The molecule has 0 spiro atoms. The summed E-state index contributed by atoms with van der Waals surface area (Å²) in [5, 5.41) is 0. The van der Waals surface area contributed by atoms with Gasteiger partial charge < -0.3 is 4.57 Å². The Hall–Kier alpha value is -1.64. The second-order valence-corrected chi connectivity index (χ2v) is 5.10. The van der Waals surface area contributed by atoms with Gasteiger partial charge in [-0.25, -0.2) is 0 Å². The molecule has 1 aliphatic carbocycles. The van der Waals surface area contributed by atoms with Crippen molar-refractivity contribution in [2.75, 3.05) is 0 Å². The Balaban J connectivity index is 2.11. The lowest BCUT2D eigenvalue weighted by molar-refractivity contribution is 0.0970. The fourth-order valence-electron chi connectivity index (χ4n) is 2.67. The maximum atomic E-state index is 12.0. The molecule has 0 aromatic carbocycles. The van der Waals surface area contributed by atoms with E-state index in [9.17, 15) is 9.59 Å². The molecule has 3 nitrogen and oxygen atoms in total. The number of hydrogen-bond acceptors (Lipinski definition) is 2. The molecule has 0 saturated heterocycles. The predicted molar refractivity (Wildman–Crippen MR) is 76.6 cm³/mol. The minimum Gasteiger partial charge on any atom is -0.312 e. The van der Waals surface area contributed by atoms with Crippen LogP contribution in [-0.4, -0.2) is 10.4 Å². The summed E-state index contributed by atoms with van der Waals surface area (Å²) in [7, 11) is 0. The number of hydrogen-bond donors (Lipinski definition) is 0. The molecule has 1 aromatic rings. The number of carbonyl (C=O) groups is 1. The van der Waals surface area contributed by atoms with E-state index < -0.39 is 0 Å². The highest BCUT2D eigenvalue weighted by Gasteiger charge is 2.20. The molecular weight excluding hydrogens is 238 g/mol. The van der Waals surface area contributed by atoms with Gasteiger partial charge in [0.2, 0.25) is 0 Å². The molecule has 19 heavy (non-hydrogen) atoms. The molecule has 3 heteroatoms. The first-order valence-electron chi connectivity index (χ1n) is 7.11. The molecule has 0 fully saturated rings. The van der Waals surface area contributed by atoms with Crippen molar-refractivity contribution in [3.05, 3.63) is 46.4 Å². The van der Waals surface area contributed by atoms with E-state index in [4.69, 9.17) is 0 Å². The lowest BCUT2D eigenvalue weighted by atomic mass is 9.94. The van der Waals surface area contributed by atoms with Crippen LogP contribution in [0, 0.1) is 0 Å². The van der Waals surface area contributed by atoms with Crippen molar-refractivity contribution in [2.24, 2.45) is 0 Å². The first kappa shape index (κ1) is 13.8. The average molecular weight is 259 g/mol. The summed E-state index contributed by atoms with van der Waals surface area (Å²) < 4.78 is 1.81. The zero-order valence-electron chi connectivity index (χ0n) is 11.4. The van der Waals surface area contributed by atoms with Gasteiger partial charge in [-0.1, -0.05) is 12.5 Å². The Morgan fingerprint density at radius 1 is 1.16 bits per heavy atom. The highest BCUT2D eigenvalue weighted by atomic mass is 16.1. The standard InChI is InChI=1S/C16H21NO2/c1-2-3-4-5-6-12-17-14-8-7-9-15(18)13(14)10-11-16(17)19/h2,10-11H,1,3-9,12H2. The van der Waals surface area contributed by atoms with Gasteiger partial charge in [-0.15, -0.1) is 6.58 Å². The Morgan fingerprint density at radius 3 is 2.79 bits per heavy atom. The van der Waals surface area contributed by atoms with Crippen molar-refractivity contribution in [3.8, 4) is 0 Å². The molecule has 0 unspecified atom stereocenters. The summed E-state index contributed by atoms with van der Waals surface area (Å²) in [4.78, 5) is 23.8. The number of nitrogens with zero attached hydrogens (tertiary/aromatic N) is 1. The van der Waals surface area contributed by atoms with Crippen LogP contribution in [0.15, 0.2) is 29.6 Å². The summed E-state index contributed by atoms with van der Waals surface area (Å²) in [5.74, 6) is 0.182. The van der Waals surface area contributed by atoms with Gasteiger partial charge in [0.25, 0.3) is 5.56 Å². The van der Waals surface area contributed by atoms with Gasteiger partial charge in [-0.3, -0.25) is 9.59 Å². The molecule has 0 bridgehead atoms. The van der Waals surface area contributed by atoms with E-state index in [1.807, 2.05) is 6.08 Å². The van der Waals surface area contributed by atoms with Crippen LogP contribution in [0.25, 0.3) is 0 Å². The van der Waals surface area contributed by atoms with Crippen LogP contribution in [0.5, 0.6) is 0 Å². The van der Waals surface area contributed by atoms with Crippen molar-refractivity contribution in [1.29, 1.82) is 0 Å². The van der Waals surface area contributed by atoms with E-state index in [0.29, 0.717) is 6.42 Å². The Kier molecular flexibility index (Phi) is 4.72. The number of rotatable bonds is 6. The first-order chi connectivity index (χ1) is 9.24. The number of fused-ring (bicyclic) bond motifs is 1. The quantitative estimate of drug-likeness (QED) is 0.581. The third kappa shape index (κ3) is 3.22. The summed E-state index contributed by atoms with van der Waals surface area (Å²) in [6, 6.07) is 3.24. The van der Waals surface area contributed by atoms with Crippen LogP contribution in [0.2, 0.25) is 0 Å². The summed E-state index contributed by atoms with van der Waals surface area (Å²) in [6.07, 6.45) is 8.48. The summed E-state index contributed by atoms with van der Waals surface area (Å²) in [5.41, 5.74) is 1.74. The minimum atomic E-state index is 0.0252. The SMILES string of the molecule is C=CCCCCCn1c2c(ccc1=O)C(=O)CCC2. The maximum absolute atomic E-state index is 12.0. The third-order valence-electron chi connectivity index (χ3n) is 3.70. The van der Waals surface area contributed by atoms with Gasteiger partial charge in [-0.05, 0) is 38.2 Å². The number of allylic oxidation sites excluding steroid dienone is 1. The fraction of sp³-hybridized carbons (Fsp3) is 0.500. The van der Waals surface area contributed by atoms with Crippen LogP contribution >= 0.6 is 0 Å². The van der Waals surface area contributed by atoms with Gasteiger partial charge in [0.15, 0.2) is 5.78 Å². The van der Waals surface area contributed by atoms with E-state index in [-0.39, 0.29) is 11.3 Å². The average Bonchev–Trinajstić information content (AvgIpc) is 2.41. The molecule has 1 aliphatic rings. The summed E-state index contributed by atoms with van der Waals surface area (Å²) in [6.45, 7) is 4.43. The molecule has 0 N–H and O–H groups in total. The molecule has 0 atom stereocenters. The number of Topliss-reactive ketones (excluding diaryl/α,β-unsaturated/α-hetero) is 1. The van der Waals surface area contributed by atoms with Gasteiger partial charge in [0, 0.05) is 30.3 Å². The van der Waals surface area contributed by atoms with E-state index in [0.717, 1.165) is 56.3 Å². The highest BCUT2D eigenvalue weighted by molar-refractivity contribution is 5.97. The normalized spacial score (nSPS) is 14.2. The van der Waals surface area contributed by atoms with E-state index in [1.54, 1.807) is 10.6 Å². The first-order valence-corrected chi connectivity index (χ1v) is 7.11. The fourth-order valence-corrected chi connectivity index (χ4v) is 2.67. The second kappa shape index (κ2) is 6.50. The lowest BCUT2D eigenvalue weighted by Crippen LogP contribution is -2.27. The van der Waals surface area contributed by atoms with Gasteiger partial charge in [0.1, 0.15) is 0 Å². The van der Waals surface area contributed by atoms with Crippen molar-refractivity contribution in [2.45, 2.75) is 51.5 Å². The van der Waals surface area contributed by atoms with Crippen LogP contribution in [0.1, 0.15) is 54.6 Å². The zero-order valence-corrected chi connectivity index (χ0v) is 11.4. The van der Waals surface area contributed by atoms with E-state index >= 15 is 0 Å². The van der Waals surface area contributed by atoms with Crippen molar-refractivity contribution in [1.82, 2.24) is 4.57 Å².